The average Bonchev–Trinajstić information content (AvgIpc) is 3.54. The van der Waals surface area contributed by atoms with Crippen LogP contribution in [0.2, 0.25) is 5.02 Å². The molecule has 0 atom stereocenters. The largest absolute Gasteiger partial charge is 0.493 e. The third-order valence-corrected chi connectivity index (χ3v) is 5.37. The van der Waals surface area contributed by atoms with E-state index < -0.39 is 0 Å². The van der Waals surface area contributed by atoms with E-state index >= 15 is 0 Å². The minimum atomic E-state index is -0.181. The van der Waals surface area contributed by atoms with Gasteiger partial charge in [-0.25, -0.2) is 0 Å². The number of aromatic nitrogens is 2. The van der Waals surface area contributed by atoms with Gasteiger partial charge >= 0.3 is 0 Å². The third-order valence-electron chi connectivity index (χ3n) is 5.04. The summed E-state index contributed by atoms with van der Waals surface area (Å²) in [5, 5.41) is 8.73. The van der Waals surface area contributed by atoms with Crippen molar-refractivity contribution < 1.29 is 23.4 Å². The number of amides is 1. The Bertz CT molecular complexity index is 1070. The lowest BCUT2D eigenvalue weighted by Gasteiger charge is -2.22. The van der Waals surface area contributed by atoms with E-state index in [4.69, 9.17) is 30.2 Å². The molecular formula is C22H22ClN3O5. The van der Waals surface area contributed by atoms with Crippen LogP contribution in [0.25, 0.3) is 11.5 Å². The van der Waals surface area contributed by atoms with Crippen molar-refractivity contribution in [1.29, 1.82) is 0 Å². The Morgan fingerprint density at radius 1 is 1.10 bits per heavy atom. The Balaban J connectivity index is 1.61. The number of hydrogen-bond acceptors (Lipinski definition) is 7. The predicted octanol–water partition coefficient (Wildman–Crippen LogP) is 4.22. The fourth-order valence-corrected chi connectivity index (χ4v) is 3.55. The first kappa shape index (κ1) is 21.0. The maximum absolute atomic E-state index is 13.4. The van der Waals surface area contributed by atoms with Crippen LogP contribution in [0.1, 0.15) is 29.1 Å². The van der Waals surface area contributed by atoms with Gasteiger partial charge in [0.2, 0.25) is 17.5 Å². The van der Waals surface area contributed by atoms with Crippen LogP contribution in [0.5, 0.6) is 17.2 Å². The SMILES string of the molecule is COc1cc(C(=O)N(Cc2nnc(-c3ccccc3Cl)o2)C2CC2)cc(OC)c1OC. The molecule has 0 spiro atoms. The number of benzene rings is 2. The van der Waals surface area contributed by atoms with Crippen LogP contribution in [-0.2, 0) is 6.54 Å². The number of hydrogen-bond donors (Lipinski definition) is 0. The maximum Gasteiger partial charge on any atom is 0.254 e. The van der Waals surface area contributed by atoms with E-state index in [0.717, 1.165) is 12.8 Å². The molecule has 0 saturated heterocycles. The fourth-order valence-electron chi connectivity index (χ4n) is 3.33. The average molecular weight is 444 g/mol. The van der Waals surface area contributed by atoms with Crippen molar-refractivity contribution in [3.05, 3.63) is 52.9 Å². The second kappa shape index (κ2) is 8.85. The highest BCUT2D eigenvalue weighted by Crippen LogP contribution is 2.39. The summed E-state index contributed by atoms with van der Waals surface area (Å²) in [5.41, 5.74) is 1.07. The molecule has 8 nitrogen and oxygen atoms in total. The van der Waals surface area contributed by atoms with E-state index in [1.807, 2.05) is 12.1 Å². The van der Waals surface area contributed by atoms with Crippen molar-refractivity contribution in [2.75, 3.05) is 21.3 Å². The maximum atomic E-state index is 13.4. The number of rotatable bonds is 8. The Morgan fingerprint density at radius 3 is 2.35 bits per heavy atom. The van der Waals surface area contributed by atoms with Gasteiger partial charge in [-0.3, -0.25) is 4.79 Å². The molecule has 1 heterocycles. The second-order valence-corrected chi connectivity index (χ2v) is 7.47. The minimum Gasteiger partial charge on any atom is -0.493 e. The summed E-state index contributed by atoms with van der Waals surface area (Å²) in [6.45, 7) is 0.192. The van der Waals surface area contributed by atoms with Gasteiger partial charge in [-0.2, -0.15) is 0 Å². The molecule has 1 aliphatic rings. The summed E-state index contributed by atoms with van der Waals surface area (Å²) in [6, 6.07) is 10.6. The monoisotopic (exact) mass is 443 g/mol. The molecule has 0 aliphatic heterocycles. The number of methoxy groups -OCH3 is 3. The van der Waals surface area contributed by atoms with Gasteiger partial charge in [0.05, 0.1) is 38.5 Å². The van der Waals surface area contributed by atoms with E-state index in [0.29, 0.717) is 45.2 Å². The molecule has 0 N–H and O–H groups in total. The van der Waals surface area contributed by atoms with Crippen LogP contribution in [-0.4, -0.2) is 48.4 Å². The summed E-state index contributed by atoms with van der Waals surface area (Å²) in [4.78, 5) is 15.1. The lowest BCUT2D eigenvalue weighted by molar-refractivity contribution is 0.0713. The molecule has 0 bridgehead atoms. The molecule has 162 valence electrons. The van der Waals surface area contributed by atoms with Gasteiger partial charge in [0.25, 0.3) is 5.91 Å². The zero-order valence-corrected chi connectivity index (χ0v) is 18.2. The van der Waals surface area contributed by atoms with Crippen molar-refractivity contribution in [2.24, 2.45) is 0 Å². The Morgan fingerprint density at radius 2 is 1.77 bits per heavy atom. The van der Waals surface area contributed by atoms with Gasteiger partial charge < -0.3 is 23.5 Å². The molecule has 9 heteroatoms. The van der Waals surface area contributed by atoms with Crippen molar-refractivity contribution in [2.45, 2.75) is 25.4 Å². The van der Waals surface area contributed by atoms with Crippen molar-refractivity contribution in [1.82, 2.24) is 15.1 Å². The first-order valence-corrected chi connectivity index (χ1v) is 10.1. The predicted molar refractivity (Wildman–Crippen MR) is 114 cm³/mol. The number of ether oxygens (including phenoxy) is 3. The van der Waals surface area contributed by atoms with Crippen molar-refractivity contribution in [3.8, 4) is 28.7 Å². The normalized spacial score (nSPS) is 13.0. The summed E-state index contributed by atoms with van der Waals surface area (Å²) >= 11 is 6.22. The molecule has 0 unspecified atom stereocenters. The second-order valence-electron chi connectivity index (χ2n) is 7.06. The fraction of sp³-hybridized carbons (Fsp3) is 0.318. The summed E-state index contributed by atoms with van der Waals surface area (Å²) < 4.78 is 21.9. The quantitative estimate of drug-likeness (QED) is 0.515. The molecule has 1 saturated carbocycles. The molecule has 1 aliphatic carbocycles. The van der Waals surface area contributed by atoms with E-state index in [-0.39, 0.29) is 18.5 Å². The van der Waals surface area contributed by atoms with Crippen LogP contribution in [0.3, 0.4) is 0 Å². The van der Waals surface area contributed by atoms with Gasteiger partial charge in [-0.15, -0.1) is 10.2 Å². The van der Waals surface area contributed by atoms with Crippen LogP contribution >= 0.6 is 11.6 Å². The van der Waals surface area contributed by atoms with Crippen molar-refractivity contribution >= 4 is 17.5 Å². The van der Waals surface area contributed by atoms with Gasteiger partial charge in [0, 0.05) is 11.6 Å². The molecule has 0 radical (unpaired) electrons. The van der Waals surface area contributed by atoms with E-state index in [1.165, 1.54) is 21.3 Å². The highest BCUT2D eigenvalue weighted by Gasteiger charge is 2.35. The number of carbonyl (C=O) groups is 1. The highest BCUT2D eigenvalue weighted by atomic mass is 35.5. The molecule has 1 amide bonds. The molecule has 4 rings (SSSR count). The summed E-state index contributed by atoms with van der Waals surface area (Å²) in [6.07, 6.45) is 1.84. The summed E-state index contributed by atoms with van der Waals surface area (Å²) in [5.74, 6) is 1.73. The van der Waals surface area contributed by atoms with E-state index in [9.17, 15) is 4.79 Å². The number of nitrogens with zero attached hydrogens (tertiary/aromatic N) is 3. The molecular weight excluding hydrogens is 422 g/mol. The zero-order valence-electron chi connectivity index (χ0n) is 17.4. The first-order chi connectivity index (χ1) is 15.0. The van der Waals surface area contributed by atoms with Crippen LogP contribution in [0.4, 0.5) is 0 Å². The summed E-state index contributed by atoms with van der Waals surface area (Å²) in [7, 11) is 4.54. The van der Waals surface area contributed by atoms with E-state index in [2.05, 4.69) is 10.2 Å². The lowest BCUT2D eigenvalue weighted by Crippen LogP contribution is -2.32. The number of carbonyl (C=O) groups excluding carboxylic acids is 1. The minimum absolute atomic E-state index is 0.113. The molecule has 2 aromatic carbocycles. The smallest absolute Gasteiger partial charge is 0.254 e. The third kappa shape index (κ3) is 4.29. The lowest BCUT2D eigenvalue weighted by atomic mass is 10.1. The molecule has 31 heavy (non-hydrogen) atoms. The van der Waals surface area contributed by atoms with Gasteiger partial charge in [-0.1, -0.05) is 23.7 Å². The Labute approximate surface area is 184 Å². The van der Waals surface area contributed by atoms with Crippen LogP contribution < -0.4 is 14.2 Å². The van der Waals surface area contributed by atoms with Crippen LogP contribution in [0, 0.1) is 0 Å². The Hall–Kier alpha value is -3.26. The highest BCUT2D eigenvalue weighted by molar-refractivity contribution is 6.33. The van der Waals surface area contributed by atoms with Gasteiger partial charge in [0.1, 0.15) is 0 Å². The number of halogens is 1. The first-order valence-electron chi connectivity index (χ1n) is 9.74. The standard InChI is InChI=1S/C22H22ClN3O5/c1-28-17-10-13(11-18(29-2)20(17)30-3)22(27)26(14-8-9-14)12-19-24-25-21(31-19)15-6-4-5-7-16(15)23/h4-7,10-11,14H,8-9,12H2,1-3H3. The van der Waals surface area contributed by atoms with Gasteiger partial charge in [0.15, 0.2) is 11.5 Å². The Kier molecular flexibility index (Phi) is 5.99. The molecule has 3 aromatic rings. The molecule has 1 aromatic heterocycles. The van der Waals surface area contributed by atoms with Crippen LogP contribution in [0.15, 0.2) is 40.8 Å². The van der Waals surface area contributed by atoms with E-state index in [1.54, 1.807) is 29.2 Å². The topological polar surface area (TPSA) is 86.9 Å². The zero-order chi connectivity index (χ0) is 22.0. The molecule has 1 fully saturated rings. The van der Waals surface area contributed by atoms with Crippen molar-refractivity contribution in [3.63, 3.8) is 0 Å². The van der Waals surface area contributed by atoms with Gasteiger partial charge in [-0.05, 0) is 37.1 Å².